The first-order valence-corrected chi connectivity index (χ1v) is 8.88. The van der Waals surface area contributed by atoms with Crippen molar-refractivity contribution in [1.82, 2.24) is 0 Å². The van der Waals surface area contributed by atoms with Gasteiger partial charge in [0.25, 0.3) is 0 Å². The van der Waals surface area contributed by atoms with Crippen LogP contribution in [-0.2, 0) is 5.16 Å². The van der Waals surface area contributed by atoms with Gasteiger partial charge in [0.05, 0.1) is 0 Å². The Bertz CT molecular complexity index is 747. The van der Waals surface area contributed by atoms with E-state index in [0.29, 0.717) is 14.3 Å². The van der Waals surface area contributed by atoms with Crippen LogP contribution in [0.3, 0.4) is 0 Å². The summed E-state index contributed by atoms with van der Waals surface area (Å²) in [7, 11) is 2.39. The molecule has 0 bridgehead atoms. The Morgan fingerprint density at radius 3 is 2.30 bits per heavy atom. The van der Waals surface area contributed by atoms with Gasteiger partial charge in [-0.15, -0.1) is 0 Å². The number of aromatic hydroxyl groups is 1. The van der Waals surface area contributed by atoms with Gasteiger partial charge in [0, 0.05) is 29.0 Å². The Hall–Kier alpha value is -1.66. The van der Waals surface area contributed by atoms with E-state index in [4.69, 9.17) is 0 Å². The van der Waals surface area contributed by atoms with E-state index >= 15 is 0 Å². The van der Waals surface area contributed by atoms with Crippen molar-refractivity contribution in [3.05, 3.63) is 58.7 Å². The molecule has 3 heteroatoms. The first-order chi connectivity index (χ1) is 10.8. The molecule has 1 atom stereocenters. The van der Waals surface area contributed by atoms with Crippen LogP contribution >= 0.6 is 8.58 Å². The quantitative estimate of drug-likeness (QED) is 0.641. The predicted molar refractivity (Wildman–Crippen MR) is 103 cm³/mol. The highest BCUT2D eigenvalue weighted by Gasteiger charge is 2.27. The average Bonchev–Trinajstić information content (AvgIpc) is 2.51. The molecule has 0 aliphatic carbocycles. The molecule has 2 aromatic carbocycles. The Morgan fingerprint density at radius 1 is 1.04 bits per heavy atom. The lowest BCUT2D eigenvalue weighted by atomic mass is 9.99. The Kier molecular flexibility index (Phi) is 5.26. The van der Waals surface area contributed by atoms with Gasteiger partial charge in [-0.1, -0.05) is 58.8 Å². The first kappa shape index (κ1) is 17.7. The Balaban J connectivity index is 2.51. The largest absolute Gasteiger partial charge is 0.507 e. The van der Waals surface area contributed by atoms with Gasteiger partial charge in [-0.3, -0.25) is 4.99 Å². The molecule has 1 unspecified atom stereocenters. The molecule has 2 aromatic rings. The van der Waals surface area contributed by atoms with Gasteiger partial charge in [0.15, 0.2) is 0 Å². The topological polar surface area (TPSA) is 32.6 Å². The van der Waals surface area contributed by atoms with Gasteiger partial charge in [-0.2, -0.15) is 0 Å². The molecule has 2 rings (SSSR count). The number of phenolic OH excluding ortho intramolecular Hbond substituents is 1. The Labute approximate surface area is 141 Å². The lowest BCUT2D eigenvalue weighted by molar-refractivity contribution is 0.457. The number of aryl methyl sites for hydroxylation is 2. The molecule has 23 heavy (non-hydrogen) atoms. The van der Waals surface area contributed by atoms with E-state index in [0.717, 1.165) is 16.8 Å². The summed E-state index contributed by atoms with van der Waals surface area (Å²) in [5, 5.41) is 11.7. The van der Waals surface area contributed by atoms with Crippen molar-refractivity contribution >= 4 is 19.6 Å². The number of para-hydroxylation sites is 1. The first-order valence-electron chi connectivity index (χ1n) is 7.88. The van der Waals surface area contributed by atoms with Gasteiger partial charge in [-0.25, -0.2) is 0 Å². The summed E-state index contributed by atoms with van der Waals surface area (Å²) in [6.07, 6.45) is 0. The summed E-state index contributed by atoms with van der Waals surface area (Å²) in [4.78, 5) is 4.37. The second-order valence-corrected chi connectivity index (χ2v) is 8.53. The summed E-state index contributed by atoms with van der Waals surface area (Å²) in [6, 6.07) is 12.4. The van der Waals surface area contributed by atoms with E-state index in [1.54, 1.807) is 0 Å². The van der Waals surface area contributed by atoms with Crippen molar-refractivity contribution in [1.29, 1.82) is 0 Å². The van der Waals surface area contributed by atoms with Crippen molar-refractivity contribution < 1.29 is 5.11 Å². The summed E-state index contributed by atoms with van der Waals surface area (Å²) >= 11 is 0. The highest BCUT2D eigenvalue weighted by molar-refractivity contribution is 7.48. The minimum absolute atomic E-state index is 0.134. The molecule has 1 N–H and O–H groups in total. The summed E-state index contributed by atoms with van der Waals surface area (Å²) in [5.74, 6) is 0.418. The van der Waals surface area contributed by atoms with Gasteiger partial charge < -0.3 is 5.11 Å². The summed E-state index contributed by atoms with van der Waals surface area (Å²) in [5.41, 5.74) is 5.49. The maximum Gasteiger partial charge on any atom is 0.122 e. The highest BCUT2D eigenvalue weighted by atomic mass is 31.1. The third-order valence-electron chi connectivity index (χ3n) is 4.35. The van der Waals surface area contributed by atoms with Crippen LogP contribution in [0.5, 0.6) is 5.75 Å². The molecule has 122 valence electrons. The number of nitrogens with zero attached hydrogens (tertiary/aromatic N) is 1. The monoisotopic (exact) mass is 327 g/mol. The molecule has 2 nitrogen and oxygen atoms in total. The number of benzene rings is 2. The lowest BCUT2D eigenvalue weighted by Gasteiger charge is -2.29. The second kappa shape index (κ2) is 6.84. The fraction of sp³-hybridized carbons (Fsp3) is 0.350. The molecular weight excluding hydrogens is 301 g/mol. The standard InChI is InChI=1S/C20H26NOP/c1-13-9-8-12-17(18(13)22)20(4,5)23-19-14(2)10-7-11-16(19)15(3)21-6/h7-12,22-23H,1-6H3. The van der Waals surface area contributed by atoms with Crippen LogP contribution in [0.25, 0.3) is 0 Å². The van der Waals surface area contributed by atoms with Crippen molar-refractivity contribution in [2.24, 2.45) is 4.99 Å². The van der Waals surface area contributed by atoms with E-state index in [9.17, 15) is 5.11 Å². The third-order valence-corrected chi connectivity index (χ3v) is 6.15. The average molecular weight is 327 g/mol. The van der Waals surface area contributed by atoms with Crippen LogP contribution in [-0.4, -0.2) is 17.9 Å². The molecule has 0 aliphatic heterocycles. The molecule has 0 spiro atoms. The van der Waals surface area contributed by atoms with Crippen LogP contribution in [0, 0.1) is 13.8 Å². The van der Waals surface area contributed by atoms with E-state index < -0.39 is 0 Å². The van der Waals surface area contributed by atoms with Crippen molar-refractivity contribution in [3.63, 3.8) is 0 Å². The van der Waals surface area contributed by atoms with Crippen LogP contribution in [0.1, 0.15) is 43.0 Å². The molecule has 0 radical (unpaired) electrons. The molecule has 0 aliphatic rings. The van der Waals surface area contributed by atoms with Gasteiger partial charge >= 0.3 is 0 Å². The zero-order valence-corrected chi connectivity index (χ0v) is 15.9. The molecule has 0 heterocycles. The van der Waals surface area contributed by atoms with E-state index in [1.807, 2.05) is 32.2 Å². The highest BCUT2D eigenvalue weighted by Crippen LogP contribution is 2.45. The normalized spacial score (nSPS) is 13.0. The molecular formula is C20H26NOP. The van der Waals surface area contributed by atoms with Crippen molar-refractivity contribution in [2.75, 3.05) is 7.05 Å². The number of rotatable bonds is 4. The van der Waals surface area contributed by atoms with Crippen LogP contribution in [0.15, 0.2) is 41.4 Å². The molecule has 0 fully saturated rings. The number of hydrogen-bond donors (Lipinski definition) is 1. The molecule has 0 amide bonds. The van der Waals surface area contributed by atoms with E-state index in [2.05, 4.69) is 50.9 Å². The number of aliphatic imine (C=N–C) groups is 1. The van der Waals surface area contributed by atoms with E-state index in [-0.39, 0.29) is 5.16 Å². The minimum Gasteiger partial charge on any atom is -0.507 e. The number of phenols is 1. The molecule has 0 saturated carbocycles. The van der Waals surface area contributed by atoms with Crippen molar-refractivity contribution in [3.8, 4) is 5.75 Å². The summed E-state index contributed by atoms with van der Waals surface area (Å²) < 4.78 is 0. The van der Waals surface area contributed by atoms with Crippen LogP contribution < -0.4 is 5.30 Å². The third kappa shape index (κ3) is 3.64. The number of hydrogen-bond acceptors (Lipinski definition) is 2. The van der Waals surface area contributed by atoms with Gasteiger partial charge in [-0.05, 0) is 37.2 Å². The maximum atomic E-state index is 10.5. The molecule has 0 saturated heterocycles. The predicted octanol–water partition coefficient (Wildman–Crippen LogP) is 4.69. The van der Waals surface area contributed by atoms with Crippen LogP contribution in [0.2, 0.25) is 0 Å². The smallest absolute Gasteiger partial charge is 0.122 e. The zero-order chi connectivity index (χ0) is 17.2. The second-order valence-electron chi connectivity index (χ2n) is 6.53. The minimum atomic E-state index is -0.134. The maximum absolute atomic E-state index is 10.5. The van der Waals surface area contributed by atoms with Gasteiger partial charge in [0.2, 0.25) is 0 Å². The summed E-state index contributed by atoms with van der Waals surface area (Å²) in [6.45, 7) is 10.6. The molecule has 0 aromatic heterocycles. The van der Waals surface area contributed by atoms with E-state index in [1.165, 1.54) is 16.4 Å². The zero-order valence-electron chi connectivity index (χ0n) is 14.9. The Morgan fingerprint density at radius 2 is 1.65 bits per heavy atom. The van der Waals surface area contributed by atoms with Crippen LogP contribution in [0.4, 0.5) is 0 Å². The fourth-order valence-electron chi connectivity index (χ4n) is 2.80. The van der Waals surface area contributed by atoms with Crippen molar-refractivity contribution in [2.45, 2.75) is 39.8 Å². The fourth-order valence-corrected chi connectivity index (χ4v) is 4.44. The lowest BCUT2D eigenvalue weighted by Crippen LogP contribution is -2.21. The van der Waals surface area contributed by atoms with Gasteiger partial charge in [0.1, 0.15) is 5.75 Å². The SMILES string of the molecule is CN=C(C)c1cccc(C)c1PC(C)(C)c1cccc(C)c1O.